The zero-order valence-corrected chi connectivity index (χ0v) is 18.0. The molecule has 4 rings (SSSR count). The van der Waals surface area contributed by atoms with Gasteiger partial charge in [-0.3, -0.25) is 9.69 Å². The molecule has 0 radical (unpaired) electrons. The van der Waals surface area contributed by atoms with Gasteiger partial charge in [0.05, 0.1) is 0 Å². The number of ketones is 1. The van der Waals surface area contributed by atoms with Gasteiger partial charge in [0, 0.05) is 61.5 Å². The summed E-state index contributed by atoms with van der Waals surface area (Å²) in [6.45, 7) is 10.7. The molecule has 29 heavy (non-hydrogen) atoms. The lowest BCUT2D eigenvalue weighted by Gasteiger charge is -2.42. The van der Waals surface area contributed by atoms with Crippen LogP contribution in [0.25, 0.3) is 11.1 Å². The van der Waals surface area contributed by atoms with Gasteiger partial charge in [0.2, 0.25) is 5.95 Å². The van der Waals surface area contributed by atoms with Crippen molar-refractivity contribution in [2.75, 3.05) is 18.0 Å². The third-order valence-electron chi connectivity index (χ3n) is 6.42. The maximum absolute atomic E-state index is 11.9. The highest BCUT2D eigenvalue weighted by molar-refractivity contribution is 5.82. The van der Waals surface area contributed by atoms with Crippen LogP contribution in [0.4, 0.5) is 5.95 Å². The molecule has 1 aromatic heterocycles. The van der Waals surface area contributed by atoms with Crippen LogP contribution in [0.1, 0.15) is 46.1 Å². The first-order chi connectivity index (χ1) is 13.9. The van der Waals surface area contributed by atoms with E-state index in [0.29, 0.717) is 24.5 Å². The molecular formula is C24H32N4O. The predicted octanol–water partition coefficient (Wildman–Crippen LogP) is 3.97. The van der Waals surface area contributed by atoms with Gasteiger partial charge in [0.1, 0.15) is 5.78 Å². The van der Waals surface area contributed by atoms with Crippen molar-refractivity contribution in [3.05, 3.63) is 42.2 Å². The fraction of sp³-hybridized carbons (Fsp3) is 0.542. The Morgan fingerprint density at radius 2 is 1.55 bits per heavy atom. The zero-order chi connectivity index (χ0) is 20.5. The summed E-state index contributed by atoms with van der Waals surface area (Å²) in [6, 6.07) is 9.85. The summed E-state index contributed by atoms with van der Waals surface area (Å²) in [4.78, 5) is 26.4. The van der Waals surface area contributed by atoms with E-state index in [-0.39, 0.29) is 11.7 Å². The number of piperazine rings is 1. The van der Waals surface area contributed by atoms with Crippen LogP contribution in [0.5, 0.6) is 0 Å². The predicted molar refractivity (Wildman–Crippen MR) is 117 cm³/mol. The summed E-state index contributed by atoms with van der Waals surface area (Å²) < 4.78 is 0. The highest BCUT2D eigenvalue weighted by Gasteiger charge is 2.41. The van der Waals surface area contributed by atoms with Gasteiger partial charge in [0.15, 0.2) is 0 Å². The summed E-state index contributed by atoms with van der Waals surface area (Å²) in [6.07, 6.45) is 6.83. The molecule has 0 N–H and O–H groups in total. The van der Waals surface area contributed by atoms with E-state index < -0.39 is 0 Å². The molecule has 1 aromatic carbocycles. The molecule has 0 amide bonds. The van der Waals surface area contributed by atoms with Gasteiger partial charge in [-0.25, -0.2) is 9.97 Å². The number of Topliss-reactive ketones (excluding diaryl/α,β-unsaturated/α-hetero) is 1. The number of carbonyl (C=O) groups is 1. The minimum atomic E-state index is 0.0771. The molecule has 154 valence electrons. The average molecular weight is 393 g/mol. The summed E-state index contributed by atoms with van der Waals surface area (Å²) in [5.74, 6) is 1.22. The normalized spacial score (nSPS) is 21.9. The largest absolute Gasteiger partial charge is 0.332 e. The Bertz CT molecular complexity index is 830. The van der Waals surface area contributed by atoms with Crippen LogP contribution in [0.15, 0.2) is 36.7 Å². The molecule has 0 spiro atoms. The number of likely N-dealkylation sites (tertiary alicyclic amines) is 1. The SMILES string of the molecule is CC(C)C(=O)Cc1ccc(-c2cnc(N3C4CCC3CN(C(C)C)C4)nc2)cc1. The van der Waals surface area contributed by atoms with Crippen LogP contribution in [0.2, 0.25) is 0 Å². The summed E-state index contributed by atoms with van der Waals surface area (Å²) >= 11 is 0. The molecular weight excluding hydrogens is 360 g/mol. The number of carbonyl (C=O) groups excluding carboxylic acids is 1. The molecule has 5 heteroatoms. The Morgan fingerprint density at radius 1 is 0.966 bits per heavy atom. The van der Waals surface area contributed by atoms with E-state index in [9.17, 15) is 4.79 Å². The Labute approximate surface area is 174 Å². The molecule has 2 fully saturated rings. The molecule has 2 saturated heterocycles. The molecule has 0 saturated carbocycles. The number of rotatable bonds is 6. The number of anilines is 1. The third kappa shape index (κ3) is 4.20. The Hall–Kier alpha value is -2.27. The second-order valence-electron chi connectivity index (χ2n) is 9.11. The lowest BCUT2D eigenvalue weighted by Crippen LogP contribution is -2.56. The number of aromatic nitrogens is 2. The molecule has 5 nitrogen and oxygen atoms in total. The van der Waals surface area contributed by atoms with Gasteiger partial charge in [-0.2, -0.15) is 0 Å². The quantitative estimate of drug-likeness (QED) is 0.744. The van der Waals surface area contributed by atoms with Crippen LogP contribution in [-0.4, -0.2) is 51.9 Å². The fourth-order valence-electron chi connectivity index (χ4n) is 4.51. The summed E-state index contributed by atoms with van der Waals surface area (Å²) in [5, 5.41) is 0. The Morgan fingerprint density at radius 3 is 2.07 bits per heavy atom. The van der Waals surface area contributed by atoms with Crippen LogP contribution in [0.3, 0.4) is 0 Å². The second-order valence-corrected chi connectivity index (χ2v) is 9.11. The molecule has 2 atom stereocenters. The van der Waals surface area contributed by atoms with E-state index in [1.807, 2.05) is 38.4 Å². The maximum Gasteiger partial charge on any atom is 0.225 e. The van der Waals surface area contributed by atoms with E-state index in [2.05, 4.69) is 35.8 Å². The number of nitrogens with zero attached hydrogens (tertiary/aromatic N) is 4. The molecule has 2 aliphatic heterocycles. The smallest absolute Gasteiger partial charge is 0.225 e. The first kappa shape index (κ1) is 20.0. The molecule has 2 aliphatic rings. The van der Waals surface area contributed by atoms with Gasteiger partial charge < -0.3 is 4.90 Å². The van der Waals surface area contributed by atoms with Gasteiger partial charge in [-0.05, 0) is 37.8 Å². The van der Waals surface area contributed by atoms with Crippen LogP contribution >= 0.6 is 0 Å². The van der Waals surface area contributed by atoms with E-state index >= 15 is 0 Å². The monoisotopic (exact) mass is 392 g/mol. The molecule has 3 heterocycles. The average Bonchev–Trinajstić information content (AvgIpc) is 2.97. The number of fused-ring (bicyclic) bond motifs is 2. The topological polar surface area (TPSA) is 49.3 Å². The lowest BCUT2D eigenvalue weighted by molar-refractivity contribution is -0.121. The lowest BCUT2D eigenvalue weighted by atomic mass is 9.99. The van der Waals surface area contributed by atoms with Gasteiger partial charge in [-0.15, -0.1) is 0 Å². The highest BCUT2D eigenvalue weighted by atomic mass is 16.1. The van der Waals surface area contributed by atoms with Crippen molar-refractivity contribution in [2.24, 2.45) is 5.92 Å². The van der Waals surface area contributed by atoms with Crippen LogP contribution in [0, 0.1) is 5.92 Å². The molecule has 2 aromatic rings. The van der Waals surface area contributed by atoms with Crippen molar-refractivity contribution >= 4 is 11.7 Å². The van der Waals surface area contributed by atoms with Crippen molar-refractivity contribution in [1.29, 1.82) is 0 Å². The van der Waals surface area contributed by atoms with Crippen molar-refractivity contribution < 1.29 is 4.79 Å². The fourth-order valence-corrected chi connectivity index (χ4v) is 4.51. The Balaban J connectivity index is 1.45. The first-order valence-electron chi connectivity index (χ1n) is 10.9. The minimum absolute atomic E-state index is 0.0771. The van der Waals surface area contributed by atoms with E-state index in [1.54, 1.807) is 0 Å². The first-order valence-corrected chi connectivity index (χ1v) is 10.9. The van der Waals surface area contributed by atoms with Crippen LogP contribution in [-0.2, 0) is 11.2 Å². The van der Waals surface area contributed by atoms with E-state index in [1.165, 1.54) is 12.8 Å². The van der Waals surface area contributed by atoms with Gasteiger partial charge in [0.25, 0.3) is 0 Å². The zero-order valence-electron chi connectivity index (χ0n) is 18.0. The second kappa shape index (κ2) is 8.23. The van der Waals surface area contributed by atoms with Gasteiger partial charge >= 0.3 is 0 Å². The van der Waals surface area contributed by atoms with Crippen LogP contribution < -0.4 is 4.90 Å². The summed E-state index contributed by atoms with van der Waals surface area (Å²) in [7, 11) is 0. The number of hydrogen-bond acceptors (Lipinski definition) is 5. The van der Waals surface area contributed by atoms with E-state index in [0.717, 1.165) is 35.7 Å². The minimum Gasteiger partial charge on any atom is -0.332 e. The molecule has 2 bridgehead atoms. The molecule has 2 unspecified atom stereocenters. The molecule has 0 aliphatic carbocycles. The van der Waals surface area contributed by atoms with Crippen molar-refractivity contribution in [2.45, 2.75) is 65.1 Å². The van der Waals surface area contributed by atoms with Crippen molar-refractivity contribution in [3.8, 4) is 11.1 Å². The summed E-state index contributed by atoms with van der Waals surface area (Å²) in [5.41, 5.74) is 3.16. The number of benzene rings is 1. The van der Waals surface area contributed by atoms with E-state index in [4.69, 9.17) is 9.97 Å². The van der Waals surface area contributed by atoms with Crippen molar-refractivity contribution in [1.82, 2.24) is 14.9 Å². The Kier molecular flexibility index (Phi) is 5.68. The maximum atomic E-state index is 11.9. The van der Waals surface area contributed by atoms with Crippen molar-refractivity contribution in [3.63, 3.8) is 0 Å². The number of hydrogen-bond donors (Lipinski definition) is 0. The standard InChI is InChI=1S/C24H32N4O/c1-16(2)23(29)11-18-5-7-19(8-6-18)20-12-25-24(26-13-20)28-21-9-10-22(28)15-27(14-21)17(3)4/h5-8,12-13,16-17,21-22H,9-11,14-15H2,1-4H3. The highest BCUT2D eigenvalue weighted by Crippen LogP contribution is 2.34. The third-order valence-corrected chi connectivity index (χ3v) is 6.42. The van der Waals surface area contributed by atoms with Gasteiger partial charge in [-0.1, -0.05) is 38.1 Å².